The Kier molecular flexibility index (Phi) is 4.43. The quantitative estimate of drug-likeness (QED) is 0.837. The predicted molar refractivity (Wildman–Crippen MR) is 74.4 cm³/mol. The van der Waals surface area contributed by atoms with Crippen LogP contribution in [0.5, 0.6) is 0 Å². The summed E-state index contributed by atoms with van der Waals surface area (Å²) in [6, 6.07) is 11.9. The maximum absolute atomic E-state index is 3.51. The van der Waals surface area contributed by atoms with Crippen LogP contribution >= 0.6 is 0 Å². The van der Waals surface area contributed by atoms with Crippen molar-refractivity contribution in [3.8, 4) is 0 Å². The second-order valence-electron chi connectivity index (χ2n) is 5.20. The van der Waals surface area contributed by atoms with E-state index < -0.39 is 0 Å². The van der Waals surface area contributed by atoms with Gasteiger partial charge in [-0.2, -0.15) is 0 Å². The number of para-hydroxylation sites is 1. The molecular weight excluding hydrogens is 208 g/mol. The van der Waals surface area contributed by atoms with Gasteiger partial charge in [-0.1, -0.05) is 31.0 Å². The first kappa shape index (κ1) is 12.4. The molecule has 0 amide bonds. The highest BCUT2D eigenvalue weighted by atomic mass is 15.2. The van der Waals surface area contributed by atoms with Crippen molar-refractivity contribution in [3.05, 3.63) is 30.3 Å². The largest absolute Gasteiger partial charge is 0.383 e. The molecule has 0 aliphatic heterocycles. The van der Waals surface area contributed by atoms with Crippen LogP contribution in [-0.2, 0) is 0 Å². The van der Waals surface area contributed by atoms with Crippen LogP contribution in [0.25, 0.3) is 0 Å². The lowest BCUT2D eigenvalue weighted by Crippen LogP contribution is -2.40. The van der Waals surface area contributed by atoms with E-state index in [1.807, 2.05) is 0 Å². The number of hydrogen-bond donors (Lipinski definition) is 1. The van der Waals surface area contributed by atoms with Gasteiger partial charge in [-0.05, 0) is 38.9 Å². The normalized spacial score (nSPS) is 18.5. The van der Waals surface area contributed by atoms with Gasteiger partial charge in [0.25, 0.3) is 0 Å². The van der Waals surface area contributed by atoms with Crippen LogP contribution in [0.4, 0.5) is 5.69 Å². The fourth-order valence-corrected chi connectivity index (χ4v) is 2.64. The second kappa shape index (κ2) is 6.06. The van der Waals surface area contributed by atoms with E-state index in [4.69, 9.17) is 0 Å². The lowest BCUT2D eigenvalue weighted by atomic mass is 10.1. The van der Waals surface area contributed by atoms with Gasteiger partial charge in [-0.3, -0.25) is 4.90 Å². The minimum absolute atomic E-state index is 0.596. The molecule has 2 rings (SSSR count). The van der Waals surface area contributed by atoms with Crippen molar-refractivity contribution in [2.45, 2.75) is 44.7 Å². The van der Waals surface area contributed by atoms with Crippen LogP contribution in [0.2, 0.25) is 0 Å². The average molecular weight is 232 g/mol. The molecule has 1 aromatic rings. The van der Waals surface area contributed by atoms with Gasteiger partial charge in [-0.15, -0.1) is 0 Å². The Hall–Kier alpha value is -1.02. The first-order chi connectivity index (χ1) is 8.27. The Balaban J connectivity index is 1.78. The molecule has 0 heterocycles. The van der Waals surface area contributed by atoms with Crippen molar-refractivity contribution in [1.82, 2.24) is 4.90 Å². The molecule has 0 saturated heterocycles. The van der Waals surface area contributed by atoms with E-state index in [-0.39, 0.29) is 0 Å². The molecule has 94 valence electrons. The van der Waals surface area contributed by atoms with Gasteiger partial charge in [0, 0.05) is 24.3 Å². The standard InChI is InChI=1S/C15H24N2/c1-13(17(2)15-10-6-7-11-15)12-16-14-8-4-3-5-9-14/h3-5,8-9,13,15-16H,6-7,10-12H2,1-2H3. The van der Waals surface area contributed by atoms with Crippen LogP contribution in [0.1, 0.15) is 32.6 Å². The number of nitrogens with one attached hydrogen (secondary N) is 1. The molecule has 0 aromatic heterocycles. The third kappa shape index (κ3) is 3.47. The number of anilines is 1. The molecule has 0 spiro atoms. The Bertz CT molecular complexity index is 317. The lowest BCUT2D eigenvalue weighted by Gasteiger charge is -2.30. The summed E-state index contributed by atoms with van der Waals surface area (Å²) in [6.45, 7) is 3.34. The monoisotopic (exact) mass is 232 g/mol. The minimum atomic E-state index is 0.596. The van der Waals surface area contributed by atoms with E-state index in [0.717, 1.165) is 12.6 Å². The van der Waals surface area contributed by atoms with E-state index in [9.17, 15) is 0 Å². The molecular formula is C15H24N2. The van der Waals surface area contributed by atoms with Crippen molar-refractivity contribution in [2.24, 2.45) is 0 Å². The number of rotatable bonds is 5. The summed E-state index contributed by atoms with van der Waals surface area (Å²) in [4.78, 5) is 2.54. The summed E-state index contributed by atoms with van der Waals surface area (Å²) in [5.41, 5.74) is 1.22. The Morgan fingerprint density at radius 1 is 1.24 bits per heavy atom. The highest BCUT2D eigenvalue weighted by Crippen LogP contribution is 2.23. The van der Waals surface area contributed by atoms with Crippen LogP contribution in [-0.4, -0.2) is 30.6 Å². The van der Waals surface area contributed by atoms with Gasteiger partial charge in [-0.25, -0.2) is 0 Å². The molecule has 1 N–H and O–H groups in total. The fourth-order valence-electron chi connectivity index (χ4n) is 2.64. The van der Waals surface area contributed by atoms with Crippen molar-refractivity contribution in [1.29, 1.82) is 0 Å². The highest BCUT2D eigenvalue weighted by Gasteiger charge is 2.22. The van der Waals surface area contributed by atoms with Crippen LogP contribution in [0.15, 0.2) is 30.3 Å². The average Bonchev–Trinajstić information content (AvgIpc) is 2.90. The molecule has 1 saturated carbocycles. The first-order valence-corrected chi connectivity index (χ1v) is 6.78. The second-order valence-corrected chi connectivity index (χ2v) is 5.20. The van der Waals surface area contributed by atoms with Gasteiger partial charge in [0.2, 0.25) is 0 Å². The van der Waals surface area contributed by atoms with Gasteiger partial charge < -0.3 is 5.32 Å². The Morgan fingerprint density at radius 2 is 1.88 bits per heavy atom. The lowest BCUT2D eigenvalue weighted by molar-refractivity contribution is 0.193. The van der Waals surface area contributed by atoms with E-state index in [1.54, 1.807) is 0 Å². The zero-order chi connectivity index (χ0) is 12.1. The maximum atomic E-state index is 3.51. The number of hydrogen-bond acceptors (Lipinski definition) is 2. The summed E-state index contributed by atoms with van der Waals surface area (Å²) in [7, 11) is 2.27. The fraction of sp³-hybridized carbons (Fsp3) is 0.600. The summed E-state index contributed by atoms with van der Waals surface area (Å²) < 4.78 is 0. The SMILES string of the molecule is CC(CNc1ccccc1)N(C)C1CCCC1. The number of nitrogens with zero attached hydrogens (tertiary/aromatic N) is 1. The molecule has 1 aliphatic rings. The maximum Gasteiger partial charge on any atom is 0.0340 e. The van der Waals surface area contributed by atoms with E-state index in [1.165, 1.54) is 31.4 Å². The highest BCUT2D eigenvalue weighted by molar-refractivity contribution is 5.42. The molecule has 1 unspecified atom stereocenters. The van der Waals surface area contributed by atoms with Gasteiger partial charge in [0.05, 0.1) is 0 Å². The molecule has 17 heavy (non-hydrogen) atoms. The van der Waals surface area contributed by atoms with Crippen LogP contribution in [0, 0.1) is 0 Å². The molecule has 0 radical (unpaired) electrons. The van der Waals surface area contributed by atoms with E-state index >= 15 is 0 Å². The molecule has 1 atom stereocenters. The summed E-state index contributed by atoms with van der Waals surface area (Å²) in [5, 5.41) is 3.51. The molecule has 1 aliphatic carbocycles. The minimum Gasteiger partial charge on any atom is -0.383 e. The Labute approximate surface area is 105 Å². The molecule has 0 bridgehead atoms. The molecule has 2 heteroatoms. The number of benzene rings is 1. The van der Waals surface area contributed by atoms with Crippen molar-refractivity contribution in [2.75, 3.05) is 18.9 Å². The zero-order valence-electron chi connectivity index (χ0n) is 11.0. The molecule has 1 fully saturated rings. The first-order valence-electron chi connectivity index (χ1n) is 6.78. The van der Waals surface area contributed by atoms with E-state index in [0.29, 0.717) is 6.04 Å². The number of likely N-dealkylation sites (N-methyl/N-ethyl adjacent to an activating group) is 1. The summed E-state index contributed by atoms with van der Waals surface area (Å²) in [6.07, 6.45) is 5.58. The van der Waals surface area contributed by atoms with Gasteiger partial charge >= 0.3 is 0 Å². The third-order valence-electron chi connectivity index (χ3n) is 3.97. The van der Waals surface area contributed by atoms with Gasteiger partial charge in [0.1, 0.15) is 0 Å². The topological polar surface area (TPSA) is 15.3 Å². The van der Waals surface area contributed by atoms with E-state index in [2.05, 4.69) is 54.5 Å². The van der Waals surface area contributed by atoms with Crippen LogP contribution < -0.4 is 5.32 Å². The zero-order valence-corrected chi connectivity index (χ0v) is 11.0. The third-order valence-corrected chi connectivity index (χ3v) is 3.97. The molecule has 2 nitrogen and oxygen atoms in total. The summed E-state index contributed by atoms with van der Waals surface area (Å²) in [5.74, 6) is 0. The Morgan fingerprint density at radius 3 is 2.53 bits per heavy atom. The van der Waals surface area contributed by atoms with Crippen LogP contribution in [0.3, 0.4) is 0 Å². The van der Waals surface area contributed by atoms with Gasteiger partial charge in [0.15, 0.2) is 0 Å². The predicted octanol–water partition coefficient (Wildman–Crippen LogP) is 3.36. The van der Waals surface area contributed by atoms with Crippen molar-refractivity contribution >= 4 is 5.69 Å². The van der Waals surface area contributed by atoms with Crippen molar-refractivity contribution in [3.63, 3.8) is 0 Å². The smallest absolute Gasteiger partial charge is 0.0340 e. The van der Waals surface area contributed by atoms with Crippen molar-refractivity contribution < 1.29 is 0 Å². The molecule has 1 aromatic carbocycles. The summed E-state index contributed by atoms with van der Waals surface area (Å²) >= 11 is 0.